The monoisotopic (exact) mass is 475 g/mol. The second-order valence-corrected chi connectivity index (χ2v) is 6.70. The summed E-state index contributed by atoms with van der Waals surface area (Å²) in [5.41, 5.74) is 1.07. The van der Waals surface area contributed by atoms with E-state index in [9.17, 15) is 0 Å². The molecular formula is C19H34IN5O. The van der Waals surface area contributed by atoms with Gasteiger partial charge >= 0.3 is 0 Å². The first-order valence-electron chi connectivity index (χ1n) is 9.53. The van der Waals surface area contributed by atoms with Gasteiger partial charge in [-0.2, -0.15) is 0 Å². The first-order chi connectivity index (χ1) is 12.2. The first kappa shape index (κ1) is 23.0. The van der Waals surface area contributed by atoms with Gasteiger partial charge in [-0.05, 0) is 52.3 Å². The number of nitrogens with one attached hydrogen (secondary N) is 2. The number of halogens is 1. The molecule has 148 valence electrons. The molecule has 0 aliphatic carbocycles. The molecule has 1 aliphatic rings. The number of hydrogen-bond acceptors (Lipinski definition) is 4. The SMILES string of the molecule is CCNC(=NCc1ccc(OC(C)C)nc1)NCCN1CCCCC1.I. The van der Waals surface area contributed by atoms with Crippen LogP contribution in [0, 0.1) is 0 Å². The summed E-state index contributed by atoms with van der Waals surface area (Å²) in [5.74, 6) is 1.52. The summed E-state index contributed by atoms with van der Waals surface area (Å²) in [4.78, 5) is 11.5. The van der Waals surface area contributed by atoms with E-state index in [0.29, 0.717) is 12.4 Å². The van der Waals surface area contributed by atoms with Crippen LogP contribution >= 0.6 is 24.0 Å². The van der Waals surface area contributed by atoms with Crippen LogP contribution in [0.4, 0.5) is 0 Å². The summed E-state index contributed by atoms with van der Waals surface area (Å²) < 4.78 is 5.57. The third-order valence-corrected chi connectivity index (χ3v) is 4.09. The zero-order valence-electron chi connectivity index (χ0n) is 16.3. The fourth-order valence-electron chi connectivity index (χ4n) is 2.84. The quantitative estimate of drug-likeness (QED) is 0.344. The van der Waals surface area contributed by atoms with Gasteiger partial charge in [0, 0.05) is 31.9 Å². The maximum atomic E-state index is 5.57. The Labute approximate surface area is 175 Å². The lowest BCUT2D eigenvalue weighted by Crippen LogP contribution is -2.42. The standard InChI is InChI=1S/C19H33N5O.HI/c1-4-20-19(21-10-13-24-11-6-5-7-12-24)23-15-17-8-9-18(22-14-17)25-16(2)3;/h8-9,14,16H,4-7,10-13,15H2,1-3H3,(H2,20,21,23);1H. The fraction of sp³-hybridized carbons (Fsp3) is 0.684. The van der Waals surface area contributed by atoms with E-state index in [2.05, 4.69) is 32.4 Å². The van der Waals surface area contributed by atoms with E-state index in [0.717, 1.165) is 31.2 Å². The second-order valence-electron chi connectivity index (χ2n) is 6.70. The number of nitrogens with zero attached hydrogens (tertiary/aromatic N) is 3. The highest BCUT2D eigenvalue weighted by molar-refractivity contribution is 14.0. The minimum Gasteiger partial charge on any atom is -0.475 e. The van der Waals surface area contributed by atoms with Crippen molar-refractivity contribution in [3.05, 3.63) is 23.9 Å². The highest BCUT2D eigenvalue weighted by atomic mass is 127. The van der Waals surface area contributed by atoms with E-state index in [1.807, 2.05) is 32.2 Å². The third-order valence-electron chi connectivity index (χ3n) is 4.09. The van der Waals surface area contributed by atoms with Crippen LogP contribution in [-0.2, 0) is 6.54 Å². The fourth-order valence-corrected chi connectivity index (χ4v) is 2.84. The molecule has 2 N–H and O–H groups in total. The molecule has 1 aliphatic heterocycles. The normalized spacial score (nSPS) is 15.5. The van der Waals surface area contributed by atoms with Gasteiger partial charge < -0.3 is 20.3 Å². The van der Waals surface area contributed by atoms with Crippen molar-refractivity contribution in [2.75, 3.05) is 32.7 Å². The average Bonchev–Trinajstić information content (AvgIpc) is 2.61. The summed E-state index contributed by atoms with van der Waals surface area (Å²) in [5, 5.41) is 6.73. The number of aromatic nitrogens is 1. The van der Waals surface area contributed by atoms with Crippen LogP contribution in [0.1, 0.15) is 45.6 Å². The maximum Gasteiger partial charge on any atom is 0.213 e. The molecule has 0 amide bonds. The third kappa shape index (κ3) is 9.02. The minimum atomic E-state index is 0. The van der Waals surface area contributed by atoms with Crippen LogP contribution in [-0.4, -0.2) is 54.7 Å². The van der Waals surface area contributed by atoms with Gasteiger partial charge in [0.15, 0.2) is 5.96 Å². The Kier molecular flexibility index (Phi) is 11.6. The number of piperidine rings is 1. The number of pyridine rings is 1. The smallest absolute Gasteiger partial charge is 0.213 e. The summed E-state index contributed by atoms with van der Waals surface area (Å²) in [7, 11) is 0. The van der Waals surface area contributed by atoms with Gasteiger partial charge in [0.25, 0.3) is 0 Å². The second kappa shape index (κ2) is 13.1. The lowest BCUT2D eigenvalue weighted by Gasteiger charge is -2.26. The molecule has 26 heavy (non-hydrogen) atoms. The van der Waals surface area contributed by atoms with Crippen LogP contribution in [0.3, 0.4) is 0 Å². The van der Waals surface area contributed by atoms with Gasteiger partial charge in [-0.15, -0.1) is 24.0 Å². The van der Waals surface area contributed by atoms with Crippen molar-refractivity contribution in [1.82, 2.24) is 20.5 Å². The Balaban J connectivity index is 0.00000338. The highest BCUT2D eigenvalue weighted by Gasteiger charge is 2.09. The largest absolute Gasteiger partial charge is 0.475 e. The minimum absolute atomic E-state index is 0. The predicted octanol–water partition coefficient (Wildman–Crippen LogP) is 3.03. The molecule has 7 heteroatoms. The molecule has 2 rings (SSSR count). The highest BCUT2D eigenvalue weighted by Crippen LogP contribution is 2.10. The Morgan fingerprint density at radius 2 is 2.00 bits per heavy atom. The average molecular weight is 475 g/mol. The van der Waals surface area contributed by atoms with Gasteiger partial charge in [0.05, 0.1) is 12.6 Å². The predicted molar refractivity (Wildman–Crippen MR) is 119 cm³/mol. The van der Waals surface area contributed by atoms with Crippen molar-refractivity contribution in [3.8, 4) is 5.88 Å². The van der Waals surface area contributed by atoms with E-state index in [-0.39, 0.29) is 30.1 Å². The van der Waals surface area contributed by atoms with Gasteiger partial charge in [0.1, 0.15) is 0 Å². The first-order valence-corrected chi connectivity index (χ1v) is 9.53. The lowest BCUT2D eigenvalue weighted by molar-refractivity contribution is 0.232. The Bertz CT molecular complexity index is 515. The molecule has 1 fully saturated rings. The summed E-state index contributed by atoms with van der Waals surface area (Å²) in [6, 6.07) is 3.92. The molecule has 0 spiro atoms. The Morgan fingerprint density at radius 1 is 1.23 bits per heavy atom. The molecule has 0 saturated carbocycles. The van der Waals surface area contributed by atoms with Crippen molar-refractivity contribution in [1.29, 1.82) is 0 Å². The summed E-state index contributed by atoms with van der Waals surface area (Å²) >= 11 is 0. The molecule has 1 saturated heterocycles. The van der Waals surface area contributed by atoms with E-state index in [4.69, 9.17) is 4.74 Å². The van der Waals surface area contributed by atoms with Crippen molar-refractivity contribution in [2.45, 2.75) is 52.7 Å². The number of hydrogen-bond donors (Lipinski definition) is 2. The van der Waals surface area contributed by atoms with Crippen LogP contribution in [0.5, 0.6) is 5.88 Å². The van der Waals surface area contributed by atoms with E-state index in [1.165, 1.54) is 32.4 Å². The number of aliphatic imine (C=N–C) groups is 1. The van der Waals surface area contributed by atoms with Gasteiger partial charge in [0.2, 0.25) is 5.88 Å². The maximum absolute atomic E-state index is 5.57. The molecule has 6 nitrogen and oxygen atoms in total. The van der Waals surface area contributed by atoms with Crippen LogP contribution in [0.2, 0.25) is 0 Å². The Morgan fingerprint density at radius 3 is 2.62 bits per heavy atom. The molecule has 0 atom stereocenters. The van der Waals surface area contributed by atoms with Crippen molar-refractivity contribution >= 4 is 29.9 Å². The number of ether oxygens (including phenoxy) is 1. The number of rotatable bonds is 8. The van der Waals surface area contributed by atoms with Crippen LogP contribution in [0.25, 0.3) is 0 Å². The number of likely N-dealkylation sites (tertiary alicyclic amines) is 1. The van der Waals surface area contributed by atoms with Crippen LogP contribution < -0.4 is 15.4 Å². The zero-order chi connectivity index (χ0) is 17.9. The van der Waals surface area contributed by atoms with Crippen molar-refractivity contribution in [3.63, 3.8) is 0 Å². The lowest BCUT2D eigenvalue weighted by atomic mass is 10.1. The van der Waals surface area contributed by atoms with Crippen molar-refractivity contribution < 1.29 is 4.74 Å². The van der Waals surface area contributed by atoms with Crippen LogP contribution in [0.15, 0.2) is 23.3 Å². The molecular weight excluding hydrogens is 441 g/mol. The van der Waals surface area contributed by atoms with Gasteiger partial charge in [-0.1, -0.05) is 12.5 Å². The molecule has 1 aromatic heterocycles. The Hall–Kier alpha value is -1.09. The molecule has 2 heterocycles. The van der Waals surface area contributed by atoms with E-state index >= 15 is 0 Å². The molecule has 0 unspecified atom stereocenters. The summed E-state index contributed by atoms with van der Waals surface area (Å²) in [6.07, 6.45) is 6.01. The molecule has 0 aromatic carbocycles. The van der Waals surface area contributed by atoms with Crippen molar-refractivity contribution in [2.24, 2.45) is 4.99 Å². The van der Waals surface area contributed by atoms with Gasteiger partial charge in [-0.25, -0.2) is 9.98 Å². The molecule has 0 radical (unpaired) electrons. The van der Waals surface area contributed by atoms with E-state index < -0.39 is 0 Å². The molecule has 1 aromatic rings. The van der Waals surface area contributed by atoms with E-state index in [1.54, 1.807) is 0 Å². The topological polar surface area (TPSA) is 61.8 Å². The van der Waals surface area contributed by atoms with Gasteiger partial charge in [-0.3, -0.25) is 0 Å². The zero-order valence-corrected chi connectivity index (χ0v) is 18.7. The summed E-state index contributed by atoms with van der Waals surface area (Å²) in [6.45, 7) is 12.0. The number of guanidine groups is 1. The molecule has 0 bridgehead atoms.